The van der Waals surface area contributed by atoms with E-state index in [2.05, 4.69) is 26.6 Å². The molecule has 1 unspecified atom stereocenters. The highest BCUT2D eigenvalue weighted by molar-refractivity contribution is 9.10. The molecule has 0 saturated heterocycles. The van der Waals surface area contributed by atoms with Gasteiger partial charge < -0.3 is 10.1 Å². The standard InChI is InChI=1S/C13H17BrN2O3S/c1-9(7-19-2)15-13(18)16-12(17)8-20-11-5-3-10(14)4-6-11/h3-6,9H,7-8H2,1-2H3,(H2,15,16,17,18). The first-order valence-corrected chi connectivity index (χ1v) is 7.76. The lowest BCUT2D eigenvalue weighted by Crippen LogP contribution is -2.45. The van der Waals surface area contributed by atoms with Crippen LogP contribution in [0.15, 0.2) is 33.6 Å². The summed E-state index contributed by atoms with van der Waals surface area (Å²) in [5, 5.41) is 4.88. The summed E-state index contributed by atoms with van der Waals surface area (Å²) in [6, 6.07) is 6.97. The Morgan fingerprint density at radius 3 is 2.60 bits per heavy atom. The number of imide groups is 1. The van der Waals surface area contributed by atoms with E-state index in [-0.39, 0.29) is 17.7 Å². The Labute approximate surface area is 131 Å². The normalized spacial score (nSPS) is 11.8. The zero-order chi connectivity index (χ0) is 15.0. The molecule has 0 aromatic heterocycles. The number of urea groups is 1. The van der Waals surface area contributed by atoms with Crippen LogP contribution in [0.25, 0.3) is 0 Å². The third kappa shape index (κ3) is 6.93. The molecule has 0 aliphatic carbocycles. The van der Waals surface area contributed by atoms with Crippen LogP contribution in [-0.2, 0) is 9.53 Å². The molecule has 20 heavy (non-hydrogen) atoms. The molecule has 3 amide bonds. The largest absolute Gasteiger partial charge is 0.383 e. The van der Waals surface area contributed by atoms with E-state index in [1.54, 1.807) is 14.0 Å². The Kier molecular flexibility index (Phi) is 7.64. The van der Waals surface area contributed by atoms with Gasteiger partial charge in [-0.1, -0.05) is 15.9 Å². The molecule has 0 spiro atoms. The number of benzene rings is 1. The van der Waals surface area contributed by atoms with Gasteiger partial charge in [-0.2, -0.15) is 0 Å². The van der Waals surface area contributed by atoms with Gasteiger partial charge in [-0.3, -0.25) is 10.1 Å². The number of thioether (sulfide) groups is 1. The first-order valence-electron chi connectivity index (χ1n) is 5.99. The van der Waals surface area contributed by atoms with Gasteiger partial charge in [-0.15, -0.1) is 11.8 Å². The molecule has 0 heterocycles. The van der Waals surface area contributed by atoms with Gasteiger partial charge in [0.25, 0.3) is 0 Å². The maximum absolute atomic E-state index is 11.6. The molecule has 2 N–H and O–H groups in total. The van der Waals surface area contributed by atoms with E-state index in [1.807, 2.05) is 24.3 Å². The second-order valence-corrected chi connectivity index (χ2v) is 6.09. The Hall–Kier alpha value is -1.05. The summed E-state index contributed by atoms with van der Waals surface area (Å²) in [5.74, 6) is -0.145. The predicted octanol–water partition coefficient (Wildman–Crippen LogP) is 2.40. The molecular formula is C13H17BrN2O3S. The van der Waals surface area contributed by atoms with Crippen molar-refractivity contribution in [3.05, 3.63) is 28.7 Å². The van der Waals surface area contributed by atoms with Crippen LogP contribution in [0.5, 0.6) is 0 Å². The molecule has 1 aromatic carbocycles. The lowest BCUT2D eigenvalue weighted by atomic mass is 10.4. The number of halogens is 1. The fraction of sp³-hybridized carbons (Fsp3) is 0.385. The fourth-order valence-electron chi connectivity index (χ4n) is 1.39. The van der Waals surface area contributed by atoms with Crippen LogP contribution >= 0.6 is 27.7 Å². The van der Waals surface area contributed by atoms with Crippen molar-refractivity contribution in [3.8, 4) is 0 Å². The molecule has 0 saturated carbocycles. The number of amides is 3. The van der Waals surface area contributed by atoms with E-state index in [1.165, 1.54) is 11.8 Å². The van der Waals surface area contributed by atoms with Crippen molar-refractivity contribution >= 4 is 39.6 Å². The monoisotopic (exact) mass is 360 g/mol. The Balaban J connectivity index is 2.29. The quantitative estimate of drug-likeness (QED) is 0.764. The summed E-state index contributed by atoms with van der Waals surface area (Å²) in [6.45, 7) is 2.19. The van der Waals surface area contributed by atoms with Gasteiger partial charge in [-0.25, -0.2) is 4.79 Å². The Morgan fingerprint density at radius 2 is 2.00 bits per heavy atom. The molecular weight excluding hydrogens is 344 g/mol. The van der Waals surface area contributed by atoms with Gasteiger partial charge in [0, 0.05) is 16.5 Å². The summed E-state index contributed by atoms with van der Waals surface area (Å²) in [4.78, 5) is 24.0. The maximum Gasteiger partial charge on any atom is 0.321 e. The highest BCUT2D eigenvalue weighted by Gasteiger charge is 2.10. The number of hydrogen-bond acceptors (Lipinski definition) is 4. The van der Waals surface area contributed by atoms with Gasteiger partial charge in [0.2, 0.25) is 5.91 Å². The Morgan fingerprint density at radius 1 is 1.35 bits per heavy atom. The molecule has 0 aliphatic rings. The molecule has 1 atom stereocenters. The number of methoxy groups -OCH3 is 1. The first-order chi connectivity index (χ1) is 9.51. The maximum atomic E-state index is 11.6. The zero-order valence-electron chi connectivity index (χ0n) is 11.3. The van der Waals surface area contributed by atoms with Crippen LogP contribution in [0, 0.1) is 0 Å². The highest BCUT2D eigenvalue weighted by atomic mass is 79.9. The third-order valence-corrected chi connectivity index (χ3v) is 3.77. The minimum Gasteiger partial charge on any atom is -0.383 e. The van der Waals surface area contributed by atoms with Crippen molar-refractivity contribution in [1.82, 2.24) is 10.6 Å². The molecule has 5 nitrogen and oxygen atoms in total. The minimum atomic E-state index is -0.504. The van der Waals surface area contributed by atoms with E-state index < -0.39 is 6.03 Å². The first kappa shape index (κ1) is 17.0. The molecule has 7 heteroatoms. The SMILES string of the molecule is COCC(C)NC(=O)NC(=O)CSc1ccc(Br)cc1. The number of nitrogens with one attached hydrogen (secondary N) is 2. The van der Waals surface area contributed by atoms with Gasteiger partial charge in [0.15, 0.2) is 0 Å². The van der Waals surface area contributed by atoms with Crippen molar-refractivity contribution < 1.29 is 14.3 Å². The molecule has 1 rings (SSSR count). The van der Waals surface area contributed by atoms with Crippen molar-refractivity contribution in [2.45, 2.75) is 17.9 Å². The lowest BCUT2D eigenvalue weighted by molar-refractivity contribution is -0.117. The average molecular weight is 361 g/mol. The molecule has 1 aromatic rings. The van der Waals surface area contributed by atoms with Crippen molar-refractivity contribution in [2.24, 2.45) is 0 Å². The van der Waals surface area contributed by atoms with Gasteiger partial charge in [0.05, 0.1) is 18.4 Å². The summed E-state index contributed by atoms with van der Waals surface area (Å²) < 4.78 is 5.87. The number of hydrogen-bond donors (Lipinski definition) is 2. The minimum absolute atomic E-state index is 0.146. The van der Waals surface area contributed by atoms with Crippen molar-refractivity contribution in [3.63, 3.8) is 0 Å². The molecule has 0 fully saturated rings. The molecule has 0 radical (unpaired) electrons. The zero-order valence-corrected chi connectivity index (χ0v) is 13.7. The van der Waals surface area contributed by atoms with E-state index in [0.717, 1.165) is 9.37 Å². The second-order valence-electron chi connectivity index (χ2n) is 4.12. The van der Waals surface area contributed by atoms with Crippen LogP contribution in [0.1, 0.15) is 6.92 Å². The lowest BCUT2D eigenvalue weighted by Gasteiger charge is -2.12. The van der Waals surface area contributed by atoms with Crippen LogP contribution in [0.3, 0.4) is 0 Å². The summed E-state index contributed by atoms with van der Waals surface area (Å²) in [7, 11) is 1.55. The average Bonchev–Trinajstić information content (AvgIpc) is 2.38. The molecule has 0 bridgehead atoms. The van der Waals surface area contributed by atoms with Crippen molar-refractivity contribution in [1.29, 1.82) is 0 Å². The number of rotatable bonds is 6. The van der Waals surface area contributed by atoms with E-state index >= 15 is 0 Å². The van der Waals surface area contributed by atoms with E-state index in [0.29, 0.717) is 6.61 Å². The van der Waals surface area contributed by atoms with Gasteiger partial charge >= 0.3 is 6.03 Å². The highest BCUT2D eigenvalue weighted by Crippen LogP contribution is 2.20. The van der Waals surface area contributed by atoms with E-state index in [9.17, 15) is 9.59 Å². The predicted molar refractivity (Wildman–Crippen MR) is 82.9 cm³/mol. The summed E-state index contributed by atoms with van der Waals surface area (Å²) >= 11 is 4.71. The van der Waals surface area contributed by atoms with Gasteiger partial charge in [0.1, 0.15) is 0 Å². The smallest absolute Gasteiger partial charge is 0.321 e. The van der Waals surface area contributed by atoms with Crippen LogP contribution in [0.4, 0.5) is 4.79 Å². The fourth-order valence-corrected chi connectivity index (χ4v) is 2.36. The Bertz CT molecular complexity index is 453. The number of carbonyl (C=O) groups excluding carboxylic acids is 2. The third-order valence-electron chi connectivity index (χ3n) is 2.23. The van der Waals surface area contributed by atoms with Crippen molar-refractivity contribution in [2.75, 3.05) is 19.5 Å². The van der Waals surface area contributed by atoms with Gasteiger partial charge in [-0.05, 0) is 31.2 Å². The molecule has 110 valence electrons. The van der Waals surface area contributed by atoms with Crippen LogP contribution < -0.4 is 10.6 Å². The number of ether oxygens (including phenoxy) is 1. The van der Waals surface area contributed by atoms with E-state index in [4.69, 9.17) is 4.74 Å². The summed E-state index contributed by atoms with van der Waals surface area (Å²) in [5.41, 5.74) is 0. The molecule has 0 aliphatic heterocycles. The van der Waals surface area contributed by atoms with Crippen LogP contribution in [-0.4, -0.2) is 37.4 Å². The number of carbonyl (C=O) groups is 2. The second kappa shape index (κ2) is 8.99. The van der Waals surface area contributed by atoms with Crippen LogP contribution in [0.2, 0.25) is 0 Å². The summed E-state index contributed by atoms with van der Waals surface area (Å²) in [6.07, 6.45) is 0. The topological polar surface area (TPSA) is 67.4 Å².